The minimum Gasteiger partial charge on any atom is -0.369 e. The predicted molar refractivity (Wildman–Crippen MR) is 85.0 cm³/mol. The number of piperidine rings is 1. The lowest BCUT2D eigenvalue weighted by Crippen LogP contribution is -2.41. The van der Waals surface area contributed by atoms with Crippen LogP contribution in [-0.2, 0) is 16.0 Å². The SMILES string of the molecule is NC(=O)C1CCN(C(=O)CCCCCc2cccs2)CC1. The fourth-order valence-corrected chi connectivity index (χ4v) is 3.53. The number of nitrogens with two attached hydrogens (primary N) is 1. The normalized spacial score (nSPS) is 16.1. The van der Waals surface area contributed by atoms with E-state index in [9.17, 15) is 9.59 Å². The van der Waals surface area contributed by atoms with Gasteiger partial charge in [0.2, 0.25) is 11.8 Å². The van der Waals surface area contributed by atoms with Gasteiger partial charge in [0.15, 0.2) is 0 Å². The van der Waals surface area contributed by atoms with Crippen molar-refractivity contribution >= 4 is 23.2 Å². The molecule has 0 aromatic carbocycles. The summed E-state index contributed by atoms with van der Waals surface area (Å²) in [7, 11) is 0. The highest BCUT2D eigenvalue weighted by atomic mass is 32.1. The average Bonchev–Trinajstić information content (AvgIpc) is 3.00. The van der Waals surface area contributed by atoms with Gasteiger partial charge >= 0.3 is 0 Å². The summed E-state index contributed by atoms with van der Waals surface area (Å²) in [6, 6.07) is 4.25. The van der Waals surface area contributed by atoms with Gasteiger partial charge in [-0.3, -0.25) is 9.59 Å². The van der Waals surface area contributed by atoms with Gasteiger partial charge in [-0.05, 0) is 43.6 Å². The molecule has 21 heavy (non-hydrogen) atoms. The van der Waals surface area contributed by atoms with Gasteiger partial charge in [-0.2, -0.15) is 0 Å². The van der Waals surface area contributed by atoms with Crippen molar-refractivity contribution in [1.82, 2.24) is 4.90 Å². The van der Waals surface area contributed by atoms with Gasteiger partial charge in [-0.15, -0.1) is 11.3 Å². The lowest BCUT2D eigenvalue weighted by Gasteiger charge is -2.30. The van der Waals surface area contributed by atoms with Crippen LogP contribution >= 0.6 is 11.3 Å². The smallest absolute Gasteiger partial charge is 0.222 e. The maximum Gasteiger partial charge on any atom is 0.222 e. The summed E-state index contributed by atoms with van der Waals surface area (Å²) >= 11 is 1.80. The Balaban J connectivity index is 1.56. The molecule has 1 aliphatic rings. The van der Waals surface area contributed by atoms with Crippen molar-refractivity contribution < 1.29 is 9.59 Å². The Morgan fingerprint density at radius 1 is 1.24 bits per heavy atom. The zero-order valence-corrected chi connectivity index (χ0v) is 13.2. The Kier molecular flexibility index (Phi) is 6.23. The average molecular weight is 308 g/mol. The van der Waals surface area contributed by atoms with Gasteiger partial charge in [0, 0.05) is 30.3 Å². The first-order chi connectivity index (χ1) is 10.2. The van der Waals surface area contributed by atoms with E-state index >= 15 is 0 Å². The summed E-state index contributed by atoms with van der Waals surface area (Å²) in [5.41, 5.74) is 5.30. The molecule has 1 fully saturated rings. The fraction of sp³-hybridized carbons (Fsp3) is 0.625. The second-order valence-electron chi connectivity index (χ2n) is 5.70. The van der Waals surface area contributed by atoms with E-state index in [2.05, 4.69) is 17.5 Å². The molecule has 1 aromatic heterocycles. The molecule has 2 heterocycles. The Hall–Kier alpha value is -1.36. The molecule has 0 radical (unpaired) electrons. The standard InChI is InChI=1S/C16H24N2O2S/c17-16(20)13-8-10-18(11-9-13)15(19)7-3-1-2-5-14-6-4-12-21-14/h4,6,12-13H,1-3,5,7-11H2,(H2,17,20). The van der Waals surface area contributed by atoms with Gasteiger partial charge in [0.1, 0.15) is 0 Å². The second-order valence-corrected chi connectivity index (χ2v) is 6.73. The molecule has 0 spiro atoms. The summed E-state index contributed by atoms with van der Waals surface area (Å²) < 4.78 is 0. The number of likely N-dealkylation sites (tertiary alicyclic amines) is 1. The van der Waals surface area contributed by atoms with E-state index in [4.69, 9.17) is 5.73 Å². The number of thiophene rings is 1. The van der Waals surface area contributed by atoms with Gasteiger partial charge in [-0.25, -0.2) is 0 Å². The zero-order chi connectivity index (χ0) is 15.1. The predicted octanol–water partition coefficient (Wildman–Crippen LogP) is 2.57. The Morgan fingerprint density at radius 3 is 2.62 bits per heavy atom. The summed E-state index contributed by atoms with van der Waals surface area (Å²) in [5.74, 6) is -0.0374. The first-order valence-corrected chi connectivity index (χ1v) is 8.64. The number of carbonyl (C=O) groups excluding carboxylic acids is 2. The minimum atomic E-state index is -0.226. The van der Waals surface area contributed by atoms with E-state index in [1.54, 1.807) is 11.3 Å². The second kappa shape index (κ2) is 8.17. The molecule has 0 unspecified atom stereocenters. The molecule has 0 aliphatic carbocycles. The molecule has 0 saturated carbocycles. The largest absolute Gasteiger partial charge is 0.369 e. The summed E-state index contributed by atoms with van der Waals surface area (Å²) in [6.45, 7) is 1.36. The lowest BCUT2D eigenvalue weighted by atomic mass is 9.96. The van der Waals surface area contributed by atoms with Gasteiger partial charge in [-0.1, -0.05) is 12.5 Å². The molecular formula is C16H24N2O2S. The van der Waals surface area contributed by atoms with Crippen LogP contribution in [0.15, 0.2) is 17.5 Å². The third-order valence-electron chi connectivity index (χ3n) is 4.14. The van der Waals surface area contributed by atoms with Crippen LogP contribution in [0.1, 0.15) is 43.4 Å². The van der Waals surface area contributed by atoms with E-state index < -0.39 is 0 Å². The minimum absolute atomic E-state index is 0.0418. The molecule has 2 N–H and O–H groups in total. The van der Waals surface area contributed by atoms with Crippen LogP contribution in [0.3, 0.4) is 0 Å². The van der Waals surface area contributed by atoms with Crippen molar-refractivity contribution in [2.75, 3.05) is 13.1 Å². The molecular weight excluding hydrogens is 284 g/mol. The number of carbonyl (C=O) groups is 2. The number of unbranched alkanes of at least 4 members (excludes halogenated alkanes) is 2. The fourth-order valence-electron chi connectivity index (χ4n) is 2.78. The van der Waals surface area contributed by atoms with Crippen molar-refractivity contribution in [1.29, 1.82) is 0 Å². The van der Waals surface area contributed by atoms with E-state index in [1.165, 1.54) is 4.88 Å². The van der Waals surface area contributed by atoms with Crippen molar-refractivity contribution in [3.63, 3.8) is 0 Å². The van der Waals surface area contributed by atoms with Crippen molar-refractivity contribution in [3.8, 4) is 0 Å². The maximum atomic E-state index is 12.1. The van der Waals surface area contributed by atoms with Crippen LogP contribution in [0.25, 0.3) is 0 Å². The summed E-state index contributed by atoms with van der Waals surface area (Å²) in [5, 5.41) is 2.11. The molecule has 4 nitrogen and oxygen atoms in total. The molecule has 0 bridgehead atoms. The van der Waals surface area contributed by atoms with E-state index in [0.29, 0.717) is 19.5 Å². The zero-order valence-electron chi connectivity index (χ0n) is 12.4. The quantitative estimate of drug-likeness (QED) is 0.787. The monoisotopic (exact) mass is 308 g/mol. The third-order valence-corrected chi connectivity index (χ3v) is 5.08. The first-order valence-electron chi connectivity index (χ1n) is 7.76. The number of rotatable bonds is 7. The van der Waals surface area contributed by atoms with Crippen LogP contribution in [0.5, 0.6) is 0 Å². The van der Waals surface area contributed by atoms with E-state index in [0.717, 1.165) is 38.5 Å². The number of amides is 2. The van der Waals surface area contributed by atoms with Crippen LogP contribution in [-0.4, -0.2) is 29.8 Å². The molecule has 1 aliphatic heterocycles. The van der Waals surface area contributed by atoms with Gasteiger partial charge < -0.3 is 10.6 Å². The molecule has 0 atom stereocenters. The Labute approximate surface area is 130 Å². The van der Waals surface area contributed by atoms with Crippen molar-refractivity contribution in [2.24, 2.45) is 11.7 Å². The third kappa shape index (κ3) is 5.16. The van der Waals surface area contributed by atoms with Crippen LogP contribution in [0.4, 0.5) is 0 Å². The molecule has 2 rings (SSSR count). The number of hydrogen-bond donors (Lipinski definition) is 1. The highest BCUT2D eigenvalue weighted by Crippen LogP contribution is 2.18. The van der Waals surface area contributed by atoms with Crippen molar-refractivity contribution in [3.05, 3.63) is 22.4 Å². The van der Waals surface area contributed by atoms with E-state index in [1.807, 2.05) is 4.90 Å². The van der Waals surface area contributed by atoms with Gasteiger partial charge in [0.05, 0.1) is 0 Å². The Morgan fingerprint density at radius 2 is 2.00 bits per heavy atom. The van der Waals surface area contributed by atoms with Crippen LogP contribution in [0.2, 0.25) is 0 Å². The van der Waals surface area contributed by atoms with Gasteiger partial charge in [0.25, 0.3) is 0 Å². The van der Waals surface area contributed by atoms with Crippen molar-refractivity contribution in [2.45, 2.75) is 44.9 Å². The molecule has 5 heteroatoms. The number of aryl methyl sites for hydroxylation is 1. The summed E-state index contributed by atoms with van der Waals surface area (Å²) in [6.07, 6.45) is 6.40. The highest BCUT2D eigenvalue weighted by molar-refractivity contribution is 7.09. The number of nitrogens with zero attached hydrogens (tertiary/aromatic N) is 1. The summed E-state index contributed by atoms with van der Waals surface area (Å²) in [4.78, 5) is 26.5. The van der Waals surface area contributed by atoms with E-state index in [-0.39, 0.29) is 17.7 Å². The Bertz CT molecular complexity index is 451. The first kappa shape index (κ1) is 16.0. The van der Waals surface area contributed by atoms with Crippen LogP contribution in [0, 0.1) is 5.92 Å². The topological polar surface area (TPSA) is 63.4 Å². The lowest BCUT2D eigenvalue weighted by molar-refractivity contribution is -0.135. The molecule has 1 aromatic rings. The molecule has 116 valence electrons. The maximum absolute atomic E-state index is 12.1. The van der Waals surface area contributed by atoms with Crippen LogP contribution < -0.4 is 5.73 Å². The number of primary amides is 1. The molecule has 1 saturated heterocycles. The highest BCUT2D eigenvalue weighted by Gasteiger charge is 2.25. The molecule has 2 amide bonds. The number of hydrogen-bond acceptors (Lipinski definition) is 3.